The van der Waals surface area contributed by atoms with E-state index in [9.17, 15) is 21.0 Å². The second-order valence-corrected chi connectivity index (χ2v) is 10.9. The first kappa shape index (κ1) is 24.9. The summed E-state index contributed by atoms with van der Waals surface area (Å²) in [6, 6.07) is 17.9. The quantitative estimate of drug-likeness (QED) is 0.500. The number of nitrogens with zero attached hydrogens (tertiary/aromatic N) is 4. The third kappa shape index (κ3) is 4.27. The van der Waals surface area contributed by atoms with Crippen LogP contribution < -0.4 is 0 Å². The van der Waals surface area contributed by atoms with Crippen molar-refractivity contribution < 1.29 is 4.74 Å². The average Bonchev–Trinajstić information content (AvgIpc) is 2.81. The summed E-state index contributed by atoms with van der Waals surface area (Å²) in [7, 11) is 0. The van der Waals surface area contributed by atoms with Gasteiger partial charge in [0.2, 0.25) is 5.41 Å². The molecule has 0 spiro atoms. The molecule has 0 N–H and O–H groups in total. The van der Waals surface area contributed by atoms with E-state index in [0.717, 1.165) is 29.7 Å². The molecule has 0 saturated heterocycles. The van der Waals surface area contributed by atoms with Crippen LogP contribution in [0.2, 0.25) is 0 Å². The van der Waals surface area contributed by atoms with E-state index < -0.39 is 22.2 Å². The van der Waals surface area contributed by atoms with E-state index in [1.54, 1.807) is 0 Å². The molecule has 170 valence electrons. The fraction of sp³-hybridized carbons (Fsp3) is 0.556. The Morgan fingerprint density at radius 3 is 2.12 bits per heavy atom. The lowest BCUT2D eigenvalue weighted by atomic mass is 9.57. The molecular formula is C27H30N4OS. The molecule has 3 rings (SSSR count). The van der Waals surface area contributed by atoms with Crippen molar-refractivity contribution in [3.8, 4) is 24.3 Å². The minimum absolute atomic E-state index is 0.128. The first-order valence-electron chi connectivity index (χ1n) is 11.5. The normalized spacial score (nSPS) is 30.2. The van der Waals surface area contributed by atoms with Gasteiger partial charge in [0.25, 0.3) is 0 Å². The van der Waals surface area contributed by atoms with Crippen molar-refractivity contribution in [3.05, 3.63) is 42.0 Å². The van der Waals surface area contributed by atoms with E-state index in [1.807, 2.05) is 43.3 Å². The number of benzene rings is 1. The first-order valence-corrected chi connectivity index (χ1v) is 12.4. The van der Waals surface area contributed by atoms with Crippen LogP contribution in [0.5, 0.6) is 0 Å². The van der Waals surface area contributed by atoms with Crippen molar-refractivity contribution in [3.63, 3.8) is 0 Å². The Morgan fingerprint density at radius 2 is 1.58 bits per heavy atom. The molecule has 5 atom stereocenters. The van der Waals surface area contributed by atoms with Crippen LogP contribution in [0.15, 0.2) is 46.9 Å². The summed E-state index contributed by atoms with van der Waals surface area (Å²) >= 11 is 1.34. The maximum absolute atomic E-state index is 10.3. The predicted molar refractivity (Wildman–Crippen MR) is 127 cm³/mol. The van der Waals surface area contributed by atoms with Crippen LogP contribution >= 0.6 is 11.8 Å². The number of hydrogen-bond acceptors (Lipinski definition) is 6. The zero-order chi connectivity index (χ0) is 24.2. The van der Waals surface area contributed by atoms with E-state index in [0.29, 0.717) is 17.8 Å². The van der Waals surface area contributed by atoms with Gasteiger partial charge in [-0.2, -0.15) is 21.0 Å². The van der Waals surface area contributed by atoms with E-state index >= 15 is 0 Å². The van der Waals surface area contributed by atoms with Crippen molar-refractivity contribution in [1.29, 1.82) is 21.0 Å². The van der Waals surface area contributed by atoms with Crippen LogP contribution in [0.1, 0.15) is 47.0 Å². The lowest BCUT2D eigenvalue weighted by Crippen LogP contribution is -2.57. The van der Waals surface area contributed by atoms with Crippen LogP contribution in [0, 0.1) is 73.9 Å². The molecule has 0 aliphatic heterocycles. The highest BCUT2D eigenvalue weighted by Gasteiger charge is 2.66. The summed E-state index contributed by atoms with van der Waals surface area (Å²) in [4.78, 5) is 0.871. The molecule has 0 bridgehead atoms. The zero-order valence-electron chi connectivity index (χ0n) is 19.7. The van der Waals surface area contributed by atoms with Gasteiger partial charge in [-0.25, -0.2) is 0 Å². The highest BCUT2D eigenvalue weighted by Crippen LogP contribution is 2.56. The van der Waals surface area contributed by atoms with Gasteiger partial charge in [0, 0.05) is 4.90 Å². The molecule has 1 aromatic rings. The smallest absolute Gasteiger partial charge is 0.206 e. The SMILES string of the molecule is CC1=C[C@@H](O[C@@H]2C[C@H](C)CC[C@H]2C(C)C)C(C#N)(C#N)C(C#N)(C#N)[C@H]1Sc1ccccc1. The molecule has 2 aliphatic rings. The summed E-state index contributed by atoms with van der Waals surface area (Å²) < 4.78 is 6.57. The summed E-state index contributed by atoms with van der Waals surface area (Å²) in [5.41, 5.74) is -3.04. The summed E-state index contributed by atoms with van der Waals surface area (Å²) in [5, 5.41) is 40.7. The summed E-state index contributed by atoms with van der Waals surface area (Å²) in [6.07, 6.45) is 3.73. The Kier molecular flexibility index (Phi) is 7.55. The topological polar surface area (TPSA) is 104 Å². The Balaban J connectivity index is 2.10. The van der Waals surface area contributed by atoms with Gasteiger partial charge in [0.15, 0.2) is 5.41 Å². The Labute approximate surface area is 201 Å². The van der Waals surface area contributed by atoms with Gasteiger partial charge in [-0.1, -0.05) is 57.0 Å². The molecule has 0 heterocycles. The zero-order valence-corrected chi connectivity index (χ0v) is 20.5. The van der Waals surface area contributed by atoms with E-state index in [-0.39, 0.29) is 6.10 Å². The van der Waals surface area contributed by atoms with Gasteiger partial charge in [0.05, 0.1) is 35.6 Å². The molecule has 1 saturated carbocycles. The lowest BCUT2D eigenvalue weighted by Gasteiger charge is -2.47. The lowest BCUT2D eigenvalue weighted by molar-refractivity contribution is -0.0991. The molecule has 6 heteroatoms. The molecular weight excluding hydrogens is 428 g/mol. The van der Waals surface area contributed by atoms with Crippen molar-refractivity contribution in [2.45, 2.75) is 69.3 Å². The second-order valence-electron chi connectivity index (χ2n) is 9.71. The molecule has 0 aromatic heterocycles. The number of hydrogen-bond donors (Lipinski definition) is 0. The number of nitriles is 4. The molecule has 0 radical (unpaired) electrons. The maximum atomic E-state index is 10.3. The molecule has 1 fully saturated rings. The number of rotatable bonds is 5. The molecule has 0 unspecified atom stereocenters. The molecule has 0 amide bonds. The highest BCUT2D eigenvalue weighted by atomic mass is 32.2. The van der Waals surface area contributed by atoms with Crippen LogP contribution in [-0.4, -0.2) is 17.5 Å². The third-order valence-electron chi connectivity index (χ3n) is 7.26. The third-order valence-corrected chi connectivity index (χ3v) is 8.76. The highest BCUT2D eigenvalue weighted by molar-refractivity contribution is 8.00. The molecule has 1 aromatic carbocycles. The molecule has 5 nitrogen and oxygen atoms in total. The maximum Gasteiger partial charge on any atom is 0.206 e. The monoisotopic (exact) mass is 458 g/mol. The number of thioether (sulfide) groups is 1. The minimum Gasteiger partial charge on any atom is -0.368 e. The predicted octanol–water partition coefficient (Wildman–Crippen LogP) is 6.02. The fourth-order valence-corrected chi connectivity index (χ4v) is 6.61. The van der Waals surface area contributed by atoms with Crippen molar-refractivity contribution in [1.82, 2.24) is 0 Å². The average molecular weight is 459 g/mol. The molecule has 2 aliphatic carbocycles. The Hall–Kier alpha value is -2.77. The fourth-order valence-electron chi connectivity index (χ4n) is 5.29. The summed E-state index contributed by atoms with van der Waals surface area (Å²) in [5.74, 6) is 1.18. The minimum atomic E-state index is -1.94. The van der Waals surface area contributed by atoms with E-state index in [1.165, 1.54) is 11.8 Å². The molecule has 33 heavy (non-hydrogen) atoms. The first-order chi connectivity index (χ1) is 15.8. The van der Waals surface area contributed by atoms with Gasteiger partial charge in [-0.05, 0) is 49.7 Å². The van der Waals surface area contributed by atoms with Crippen LogP contribution in [-0.2, 0) is 4.74 Å². The number of ether oxygens (including phenoxy) is 1. The van der Waals surface area contributed by atoms with Crippen LogP contribution in [0.4, 0.5) is 0 Å². The summed E-state index contributed by atoms with van der Waals surface area (Å²) in [6.45, 7) is 8.39. The van der Waals surface area contributed by atoms with Crippen molar-refractivity contribution in [2.75, 3.05) is 0 Å². The standard InChI is InChI=1S/C27H30N4OS/c1-18(2)22-11-10-19(3)12-23(22)32-24-13-20(4)25(33-21-8-6-5-7-9-21)27(16-30,17-31)26(24,14-28)15-29/h5-9,13,18-19,22-25H,10-12H2,1-4H3/t19-,22+,23-,24-,25+/m1/s1. The van der Waals surface area contributed by atoms with Gasteiger partial charge in [0.1, 0.15) is 6.10 Å². The van der Waals surface area contributed by atoms with Gasteiger partial charge < -0.3 is 4.74 Å². The van der Waals surface area contributed by atoms with Crippen LogP contribution in [0.25, 0.3) is 0 Å². The van der Waals surface area contributed by atoms with Gasteiger partial charge in [-0.3, -0.25) is 0 Å². The largest absolute Gasteiger partial charge is 0.368 e. The van der Waals surface area contributed by atoms with Crippen molar-refractivity contribution >= 4 is 11.8 Å². The van der Waals surface area contributed by atoms with Crippen molar-refractivity contribution in [2.24, 2.45) is 28.6 Å². The van der Waals surface area contributed by atoms with E-state index in [2.05, 4.69) is 45.0 Å². The van der Waals surface area contributed by atoms with Gasteiger partial charge in [-0.15, -0.1) is 11.8 Å². The Bertz CT molecular complexity index is 1020. The van der Waals surface area contributed by atoms with Crippen LogP contribution in [0.3, 0.4) is 0 Å². The Morgan fingerprint density at radius 1 is 0.970 bits per heavy atom. The second kappa shape index (κ2) is 10.0. The van der Waals surface area contributed by atoms with Gasteiger partial charge >= 0.3 is 0 Å². The van der Waals surface area contributed by atoms with E-state index in [4.69, 9.17) is 4.74 Å².